The van der Waals surface area contributed by atoms with Crippen molar-refractivity contribution in [2.75, 3.05) is 13.7 Å². The molecule has 0 radical (unpaired) electrons. The van der Waals surface area contributed by atoms with Crippen molar-refractivity contribution in [1.29, 1.82) is 0 Å². The maximum atomic E-state index is 11.9. The number of nitrogens with one attached hydrogen (secondary N) is 1. The first-order valence-electron chi connectivity index (χ1n) is 6.65. The fraction of sp³-hybridized carbons (Fsp3) is 0.615. The van der Waals surface area contributed by atoms with E-state index in [1.54, 1.807) is 13.2 Å². The van der Waals surface area contributed by atoms with Gasteiger partial charge in [-0.3, -0.25) is 0 Å². The Balaban J connectivity index is 1.78. The predicted octanol–water partition coefficient (Wildman–Crippen LogP) is 2.28. The summed E-state index contributed by atoms with van der Waals surface area (Å²) in [6.07, 6.45) is 4.36. The van der Waals surface area contributed by atoms with Crippen molar-refractivity contribution in [1.82, 2.24) is 14.9 Å². The summed E-state index contributed by atoms with van der Waals surface area (Å²) in [5.74, 6) is 0. The zero-order valence-corrected chi connectivity index (χ0v) is 12.5. The number of hydrogen-bond acceptors (Lipinski definition) is 3. The second-order valence-electron chi connectivity index (χ2n) is 4.94. The lowest BCUT2D eigenvalue weighted by molar-refractivity contribution is -0.187. The summed E-state index contributed by atoms with van der Waals surface area (Å²) in [6, 6.07) is 1.52. The van der Waals surface area contributed by atoms with Gasteiger partial charge in [0.05, 0.1) is 11.6 Å². The molecule has 0 bridgehead atoms. The van der Waals surface area contributed by atoms with Crippen LogP contribution in [-0.4, -0.2) is 35.4 Å². The molecule has 0 saturated carbocycles. The molecule has 1 atom stereocenters. The van der Waals surface area contributed by atoms with Gasteiger partial charge in [0.2, 0.25) is 0 Å². The Labute approximate surface area is 123 Å². The standard InChI is InChI=1S/C13H20ClN3O3/c1-16-8-10(14)7-11(16)9-17(2)13(18)15-20-12-5-3-4-6-19-12/h7-8,12H,3-6,9H2,1-2H3,(H,15,18)/t12-/m1/s1. The van der Waals surface area contributed by atoms with E-state index in [-0.39, 0.29) is 12.3 Å². The number of rotatable bonds is 4. The van der Waals surface area contributed by atoms with Crippen molar-refractivity contribution in [3.8, 4) is 0 Å². The maximum Gasteiger partial charge on any atom is 0.341 e. The third kappa shape index (κ3) is 4.13. The number of halogens is 1. The number of amides is 2. The number of hydroxylamine groups is 1. The summed E-state index contributed by atoms with van der Waals surface area (Å²) in [7, 11) is 3.58. The Bertz CT molecular complexity index is 458. The summed E-state index contributed by atoms with van der Waals surface area (Å²) in [4.78, 5) is 18.7. The summed E-state index contributed by atoms with van der Waals surface area (Å²) in [6.45, 7) is 1.13. The fourth-order valence-electron chi connectivity index (χ4n) is 2.04. The van der Waals surface area contributed by atoms with Gasteiger partial charge in [0.15, 0.2) is 6.29 Å². The number of aromatic nitrogens is 1. The predicted molar refractivity (Wildman–Crippen MR) is 75.1 cm³/mol. The smallest absolute Gasteiger partial charge is 0.341 e. The quantitative estimate of drug-likeness (QED) is 0.868. The van der Waals surface area contributed by atoms with Crippen LogP contribution in [0.2, 0.25) is 5.02 Å². The molecule has 2 amide bonds. The summed E-state index contributed by atoms with van der Waals surface area (Å²) >= 11 is 5.91. The topological polar surface area (TPSA) is 55.7 Å². The zero-order chi connectivity index (χ0) is 14.5. The molecule has 1 fully saturated rings. The van der Waals surface area contributed by atoms with Crippen LogP contribution in [0.1, 0.15) is 25.0 Å². The monoisotopic (exact) mass is 301 g/mol. The van der Waals surface area contributed by atoms with Crippen LogP contribution < -0.4 is 5.48 Å². The molecule has 0 aliphatic carbocycles. The molecule has 1 aromatic rings. The van der Waals surface area contributed by atoms with E-state index in [0.29, 0.717) is 18.2 Å². The molecular weight excluding hydrogens is 282 g/mol. The van der Waals surface area contributed by atoms with Crippen molar-refractivity contribution >= 4 is 17.6 Å². The normalized spacial score (nSPS) is 18.9. The van der Waals surface area contributed by atoms with Crippen LogP contribution in [0.15, 0.2) is 12.3 Å². The number of carbonyl (C=O) groups excluding carboxylic acids is 1. The van der Waals surface area contributed by atoms with E-state index in [9.17, 15) is 4.79 Å². The van der Waals surface area contributed by atoms with E-state index < -0.39 is 0 Å². The molecule has 0 unspecified atom stereocenters. The average molecular weight is 302 g/mol. The Morgan fingerprint density at radius 1 is 1.65 bits per heavy atom. The molecule has 1 aliphatic heterocycles. The van der Waals surface area contributed by atoms with E-state index >= 15 is 0 Å². The minimum Gasteiger partial charge on any atom is -0.351 e. The highest BCUT2D eigenvalue weighted by Crippen LogP contribution is 2.15. The van der Waals surface area contributed by atoms with E-state index in [0.717, 1.165) is 25.0 Å². The second kappa shape index (κ2) is 6.97. The van der Waals surface area contributed by atoms with Crippen LogP contribution >= 0.6 is 11.6 Å². The SMILES string of the molecule is CN(Cc1cc(Cl)cn1C)C(=O)NO[C@@H]1CCCCO1. The van der Waals surface area contributed by atoms with Crippen LogP contribution in [0, 0.1) is 0 Å². The fourth-order valence-corrected chi connectivity index (χ4v) is 2.31. The molecule has 6 nitrogen and oxygen atoms in total. The number of carbonyl (C=O) groups is 1. The molecule has 0 aromatic carbocycles. The van der Waals surface area contributed by atoms with Crippen LogP contribution in [0.25, 0.3) is 0 Å². The van der Waals surface area contributed by atoms with Gasteiger partial charge in [0.25, 0.3) is 0 Å². The third-order valence-electron chi connectivity index (χ3n) is 3.24. The van der Waals surface area contributed by atoms with Gasteiger partial charge >= 0.3 is 6.03 Å². The Morgan fingerprint density at radius 3 is 3.05 bits per heavy atom. The highest BCUT2D eigenvalue weighted by molar-refractivity contribution is 6.30. The molecule has 1 N–H and O–H groups in total. The van der Waals surface area contributed by atoms with Crippen molar-refractivity contribution in [2.45, 2.75) is 32.1 Å². The maximum absolute atomic E-state index is 11.9. The van der Waals surface area contributed by atoms with Gasteiger partial charge in [-0.15, -0.1) is 0 Å². The van der Waals surface area contributed by atoms with Gasteiger partial charge in [-0.25, -0.2) is 15.1 Å². The van der Waals surface area contributed by atoms with E-state index in [2.05, 4.69) is 5.48 Å². The van der Waals surface area contributed by atoms with E-state index in [4.69, 9.17) is 21.2 Å². The first kappa shape index (κ1) is 15.2. The highest BCUT2D eigenvalue weighted by Gasteiger charge is 2.17. The minimum absolute atomic E-state index is 0.309. The van der Waals surface area contributed by atoms with Gasteiger partial charge in [0.1, 0.15) is 0 Å². The van der Waals surface area contributed by atoms with Crippen LogP contribution in [-0.2, 0) is 23.2 Å². The van der Waals surface area contributed by atoms with Gasteiger partial charge in [-0.1, -0.05) is 11.6 Å². The second-order valence-corrected chi connectivity index (χ2v) is 5.37. The number of hydrogen-bond donors (Lipinski definition) is 1. The van der Waals surface area contributed by atoms with E-state index in [1.165, 1.54) is 4.90 Å². The average Bonchev–Trinajstić information content (AvgIpc) is 2.75. The largest absolute Gasteiger partial charge is 0.351 e. The molecule has 2 heterocycles. The minimum atomic E-state index is -0.342. The van der Waals surface area contributed by atoms with Crippen LogP contribution in [0.5, 0.6) is 0 Å². The van der Waals surface area contributed by atoms with Crippen molar-refractivity contribution in [2.24, 2.45) is 7.05 Å². The number of ether oxygens (including phenoxy) is 1. The Hall–Kier alpha value is -1.24. The third-order valence-corrected chi connectivity index (χ3v) is 3.44. The molecule has 20 heavy (non-hydrogen) atoms. The van der Waals surface area contributed by atoms with E-state index in [1.807, 2.05) is 17.7 Å². The first-order chi connectivity index (χ1) is 9.56. The number of aryl methyl sites for hydroxylation is 1. The number of nitrogens with zero attached hydrogens (tertiary/aromatic N) is 2. The molecule has 2 rings (SSSR count). The van der Waals surface area contributed by atoms with Gasteiger partial charge in [0, 0.05) is 39.0 Å². The lowest BCUT2D eigenvalue weighted by atomic mass is 10.2. The lowest BCUT2D eigenvalue weighted by Crippen LogP contribution is -2.40. The van der Waals surface area contributed by atoms with Gasteiger partial charge in [-0.05, 0) is 18.9 Å². The highest BCUT2D eigenvalue weighted by atomic mass is 35.5. The lowest BCUT2D eigenvalue weighted by Gasteiger charge is -2.24. The Morgan fingerprint density at radius 2 is 2.45 bits per heavy atom. The van der Waals surface area contributed by atoms with Gasteiger partial charge < -0.3 is 14.2 Å². The molecule has 7 heteroatoms. The van der Waals surface area contributed by atoms with Gasteiger partial charge in [-0.2, -0.15) is 0 Å². The molecule has 1 saturated heterocycles. The summed E-state index contributed by atoms with van der Waals surface area (Å²) < 4.78 is 7.26. The molecular formula is C13H20ClN3O3. The van der Waals surface area contributed by atoms with Crippen LogP contribution in [0.3, 0.4) is 0 Å². The van der Waals surface area contributed by atoms with Crippen molar-refractivity contribution in [3.05, 3.63) is 23.0 Å². The first-order valence-corrected chi connectivity index (χ1v) is 7.03. The molecule has 0 spiro atoms. The Kier molecular flexibility index (Phi) is 5.28. The van der Waals surface area contributed by atoms with Crippen molar-refractivity contribution < 1.29 is 14.4 Å². The molecule has 1 aromatic heterocycles. The molecule has 1 aliphatic rings. The zero-order valence-electron chi connectivity index (χ0n) is 11.8. The summed E-state index contributed by atoms with van der Waals surface area (Å²) in [5.41, 5.74) is 3.36. The number of urea groups is 1. The molecule has 112 valence electrons. The van der Waals surface area contributed by atoms with Crippen LogP contribution in [0.4, 0.5) is 4.79 Å². The van der Waals surface area contributed by atoms with Crippen molar-refractivity contribution in [3.63, 3.8) is 0 Å². The summed E-state index contributed by atoms with van der Waals surface area (Å²) in [5, 5.41) is 0.656.